The largest absolute Gasteiger partial charge is 0.473 e. The molecule has 2 aromatic carbocycles. The number of carboxylic acid groups (broad SMARTS) is 2. The number of aromatic nitrogens is 2. The number of morpholine rings is 1. The summed E-state index contributed by atoms with van der Waals surface area (Å²) >= 11 is 0. The maximum Gasteiger partial charge on any atom is 0.414 e. The Morgan fingerprint density at radius 1 is 0.968 bits per heavy atom. The molecule has 0 aliphatic carbocycles. The first kappa shape index (κ1) is 21.9. The summed E-state index contributed by atoms with van der Waals surface area (Å²) in [5.41, 5.74) is 0.965. The van der Waals surface area contributed by atoms with E-state index in [4.69, 9.17) is 24.5 Å². The smallest absolute Gasteiger partial charge is 0.414 e. The second kappa shape index (κ2) is 10.3. The van der Waals surface area contributed by atoms with E-state index in [9.17, 15) is 4.79 Å². The van der Waals surface area contributed by atoms with E-state index < -0.39 is 11.9 Å². The van der Waals surface area contributed by atoms with Gasteiger partial charge < -0.3 is 20.3 Å². The van der Waals surface area contributed by atoms with E-state index in [0.29, 0.717) is 25.6 Å². The van der Waals surface area contributed by atoms with Crippen molar-refractivity contribution in [1.82, 2.24) is 14.7 Å². The van der Waals surface area contributed by atoms with Crippen LogP contribution in [0.1, 0.15) is 0 Å². The minimum atomic E-state index is -1.82. The molecule has 3 aromatic rings. The molecule has 1 aliphatic heterocycles. The van der Waals surface area contributed by atoms with Crippen LogP contribution in [0.15, 0.2) is 54.7 Å². The number of hydrogen-bond acceptors (Lipinski definition) is 6. The van der Waals surface area contributed by atoms with Gasteiger partial charge in [-0.2, -0.15) is 5.10 Å². The molecule has 1 aliphatic rings. The summed E-state index contributed by atoms with van der Waals surface area (Å²) in [7, 11) is 0. The zero-order valence-electron chi connectivity index (χ0n) is 16.6. The van der Waals surface area contributed by atoms with Crippen LogP contribution in [-0.2, 0) is 19.1 Å². The Balaban J connectivity index is 0.000000401. The number of aliphatic carboxylic acids is 2. The molecule has 162 valence electrons. The summed E-state index contributed by atoms with van der Waals surface area (Å²) < 4.78 is 7.07. The van der Waals surface area contributed by atoms with Crippen LogP contribution in [0.4, 0.5) is 5.82 Å². The first-order valence-electron chi connectivity index (χ1n) is 9.53. The van der Waals surface area contributed by atoms with Gasteiger partial charge in [-0.1, -0.05) is 30.3 Å². The third kappa shape index (κ3) is 6.36. The van der Waals surface area contributed by atoms with Crippen molar-refractivity contribution in [1.29, 1.82) is 0 Å². The number of hydrogen-bond donors (Lipinski definition) is 3. The summed E-state index contributed by atoms with van der Waals surface area (Å²) in [6.07, 6.45) is 1.86. The maximum absolute atomic E-state index is 12.2. The molecule has 2 heterocycles. The van der Waals surface area contributed by atoms with Gasteiger partial charge in [-0.3, -0.25) is 9.69 Å². The van der Waals surface area contributed by atoms with E-state index in [1.54, 1.807) is 4.68 Å². The minimum Gasteiger partial charge on any atom is -0.473 e. The summed E-state index contributed by atoms with van der Waals surface area (Å²) in [5, 5.41) is 24.5. The number of carboxylic acids is 2. The monoisotopic (exact) mass is 426 g/mol. The highest BCUT2D eigenvalue weighted by molar-refractivity contribution is 6.27. The van der Waals surface area contributed by atoms with E-state index in [2.05, 4.69) is 39.6 Å². The van der Waals surface area contributed by atoms with Gasteiger partial charge in [0.2, 0.25) is 5.91 Å². The van der Waals surface area contributed by atoms with Gasteiger partial charge in [0.05, 0.1) is 25.4 Å². The molecule has 0 bridgehead atoms. The Kier molecular flexibility index (Phi) is 7.31. The SMILES string of the molecule is O=C(CN1CCOCC1)Nc1ccn(-c2ccc3ccccc3c2)n1.O=C(O)C(=O)O. The predicted molar refractivity (Wildman–Crippen MR) is 112 cm³/mol. The molecule has 0 spiro atoms. The average Bonchev–Trinajstić information content (AvgIpc) is 3.22. The third-order valence-electron chi connectivity index (χ3n) is 4.51. The van der Waals surface area contributed by atoms with Gasteiger partial charge >= 0.3 is 11.9 Å². The van der Waals surface area contributed by atoms with E-state index in [1.165, 1.54) is 5.39 Å². The Morgan fingerprint density at radius 3 is 2.32 bits per heavy atom. The van der Waals surface area contributed by atoms with E-state index in [1.807, 2.05) is 30.5 Å². The first-order valence-corrected chi connectivity index (χ1v) is 9.53. The Labute approximate surface area is 177 Å². The van der Waals surface area contributed by atoms with Crippen molar-refractivity contribution in [3.05, 3.63) is 54.7 Å². The highest BCUT2D eigenvalue weighted by Gasteiger charge is 2.15. The van der Waals surface area contributed by atoms with Crippen molar-refractivity contribution in [2.24, 2.45) is 0 Å². The molecule has 10 heteroatoms. The number of carbonyl (C=O) groups is 3. The second-order valence-electron chi connectivity index (χ2n) is 6.72. The van der Waals surface area contributed by atoms with Crippen LogP contribution >= 0.6 is 0 Å². The quantitative estimate of drug-likeness (QED) is 0.534. The van der Waals surface area contributed by atoms with Crippen molar-refractivity contribution < 1.29 is 29.3 Å². The summed E-state index contributed by atoms with van der Waals surface area (Å²) in [6.45, 7) is 3.32. The van der Waals surface area contributed by atoms with Crippen molar-refractivity contribution in [3.63, 3.8) is 0 Å². The number of benzene rings is 2. The molecule has 10 nitrogen and oxygen atoms in total. The molecular formula is C21H22N4O6. The highest BCUT2D eigenvalue weighted by Crippen LogP contribution is 2.18. The molecule has 1 amide bonds. The number of ether oxygens (including phenoxy) is 1. The molecule has 1 fully saturated rings. The van der Waals surface area contributed by atoms with Crippen molar-refractivity contribution in [3.8, 4) is 5.69 Å². The number of fused-ring (bicyclic) bond motifs is 1. The zero-order chi connectivity index (χ0) is 22.2. The molecule has 31 heavy (non-hydrogen) atoms. The lowest BCUT2D eigenvalue weighted by atomic mass is 10.1. The molecule has 0 unspecified atom stereocenters. The van der Waals surface area contributed by atoms with E-state index in [0.717, 1.165) is 24.2 Å². The topological polar surface area (TPSA) is 134 Å². The lowest BCUT2D eigenvalue weighted by Gasteiger charge is -2.25. The van der Waals surface area contributed by atoms with Gasteiger partial charge in [0.1, 0.15) is 0 Å². The van der Waals surface area contributed by atoms with Gasteiger partial charge in [-0.05, 0) is 22.9 Å². The standard InChI is InChI=1S/C19H20N4O2.C2H2O4/c24-19(14-22-9-11-25-12-10-22)20-18-7-8-23(21-18)17-6-5-15-3-1-2-4-16(15)13-17;3-1(4)2(5)6/h1-8,13H,9-12,14H2,(H,20,21,24);(H,3,4)(H,5,6). The maximum atomic E-state index is 12.2. The van der Waals surface area contributed by atoms with Crippen LogP contribution in [-0.4, -0.2) is 75.6 Å². The lowest BCUT2D eigenvalue weighted by molar-refractivity contribution is -0.159. The van der Waals surface area contributed by atoms with Gasteiger partial charge in [-0.15, -0.1) is 0 Å². The fraction of sp³-hybridized carbons (Fsp3) is 0.238. The van der Waals surface area contributed by atoms with Crippen molar-refractivity contribution in [2.75, 3.05) is 38.2 Å². The van der Waals surface area contributed by atoms with Gasteiger partial charge in [0.25, 0.3) is 0 Å². The highest BCUT2D eigenvalue weighted by atomic mass is 16.5. The Bertz CT molecular complexity index is 1060. The molecule has 3 N–H and O–H groups in total. The normalized spacial score (nSPS) is 13.8. The molecule has 0 radical (unpaired) electrons. The number of anilines is 1. The van der Waals surface area contributed by atoms with E-state index in [-0.39, 0.29) is 5.91 Å². The molecule has 1 saturated heterocycles. The van der Waals surface area contributed by atoms with Crippen LogP contribution in [0, 0.1) is 0 Å². The van der Waals surface area contributed by atoms with Crippen molar-refractivity contribution >= 4 is 34.4 Å². The van der Waals surface area contributed by atoms with Crippen molar-refractivity contribution in [2.45, 2.75) is 0 Å². The number of nitrogens with one attached hydrogen (secondary N) is 1. The molecule has 1 aromatic heterocycles. The fourth-order valence-corrected chi connectivity index (χ4v) is 3.00. The lowest BCUT2D eigenvalue weighted by Crippen LogP contribution is -2.41. The van der Waals surface area contributed by atoms with Crippen LogP contribution in [0.5, 0.6) is 0 Å². The number of carbonyl (C=O) groups excluding carboxylic acids is 1. The molecular weight excluding hydrogens is 404 g/mol. The minimum absolute atomic E-state index is 0.0503. The molecule has 0 atom stereocenters. The summed E-state index contributed by atoms with van der Waals surface area (Å²) in [4.78, 5) is 32.4. The van der Waals surface area contributed by atoms with Gasteiger partial charge in [0, 0.05) is 25.4 Å². The Hall–Kier alpha value is -3.76. The van der Waals surface area contributed by atoms with Crippen LogP contribution < -0.4 is 5.32 Å². The van der Waals surface area contributed by atoms with Gasteiger partial charge in [0.15, 0.2) is 5.82 Å². The first-order chi connectivity index (χ1) is 14.9. The fourth-order valence-electron chi connectivity index (χ4n) is 3.00. The summed E-state index contributed by atoms with van der Waals surface area (Å²) in [5.74, 6) is -3.14. The zero-order valence-corrected chi connectivity index (χ0v) is 16.6. The Morgan fingerprint density at radius 2 is 1.65 bits per heavy atom. The number of amides is 1. The number of nitrogens with zero attached hydrogens (tertiary/aromatic N) is 3. The predicted octanol–water partition coefficient (Wildman–Crippen LogP) is 1.45. The van der Waals surface area contributed by atoms with E-state index >= 15 is 0 Å². The summed E-state index contributed by atoms with van der Waals surface area (Å²) in [6, 6.07) is 16.2. The van der Waals surface area contributed by atoms with Crippen LogP contribution in [0.25, 0.3) is 16.5 Å². The molecule has 0 saturated carbocycles. The number of rotatable bonds is 4. The third-order valence-corrected chi connectivity index (χ3v) is 4.51. The second-order valence-corrected chi connectivity index (χ2v) is 6.72. The van der Waals surface area contributed by atoms with Gasteiger partial charge in [-0.25, -0.2) is 14.3 Å². The van der Waals surface area contributed by atoms with Crippen LogP contribution in [0.3, 0.4) is 0 Å². The van der Waals surface area contributed by atoms with Crippen LogP contribution in [0.2, 0.25) is 0 Å². The molecule has 4 rings (SSSR count). The average molecular weight is 426 g/mol.